The molecule has 0 bridgehead atoms. The van der Waals surface area contributed by atoms with Crippen molar-refractivity contribution < 1.29 is 0 Å². The Morgan fingerprint density at radius 2 is 2.40 bits per heavy atom. The molecule has 0 unspecified atom stereocenters. The Hall–Kier alpha value is -0.990. The predicted molar refractivity (Wildman–Crippen MR) is 66.0 cm³/mol. The Morgan fingerprint density at radius 3 is 3.07 bits per heavy atom. The van der Waals surface area contributed by atoms with E-state index in [1.54, 1.807) is 5.57 Å². The molecule has 86 valence electrons. The standard InChI is InChI=1S/C12H23N3/c1-2-9-14-12(13)15-10-8-11-6-4-3-5-7-11/h6H,2-5,7-10H2,1H3,(H3,13,14,15). The lowest BCUT2D eigenvalue weighted by molar-refractivity contribution is 0.668. The van der Waals surface area contributed by atoms with Crippen molar-refractivity contribution in [2.75, 3.05) is 13.1 Å². The van der Waals surface area contributed by atoms with Crippen LogP contribution in [0.3, 0.4) is 0 Å². The molecule has 1 rings (SSSR count). The average Bonchev–Trinajstić information content (AvgIpc) is 2.28. The highest BCUT2D eigenvalue weighted by Gasteiger charge is 2.02. The second-order valence-electron chi connectivity index (χ2n) is 4.05. The number of guanidine groups is 1. The molecule has 0 spiro atoms. The van der Waals surface area contributed by atoms with E-state index in [0.29, 0.717) is 5.96 Å². The van der Waals surface area contributed by atoms with Gasteiger partial charge in [0.1, 0.15) is 0 Å². The van der Waals surface area contributed by atoms with Gasteiger partial charge in [-0.15, -0.1) is 0 Å². The number of aliphatic imine (C=N–C) groups is 1. The molecule has 15 heavy (non-hydrogen) atoms. The van der Waals surface area contributed by atoms with Gasteiger partial charge in [-0.3, -0.25) is 4.99 Å². The second-order valence-corrected chi connectivity index (χ2v) is 4.05. The molecule has 0 saturated heterocycles. The minimum atomic E-state index is 0.591. The van der Waals surface area contributed by atoms with Crippen LogP contribution in [0.5, 0.6) is 0 Å². The second kappa shape index (κ2) is 7.32. The minimum absolute atomic E-state index is 0.591. The molecule has 3 nitrogen and oxygen atoms in total. The predicted octanol–water partition coefficient (Wildman–Crippen LogP) is 2.19. The summed E-state index contributed by atoms with van der Waals surface area (Å²) in [4.78, 5) is 4.19. The van der Waals surface area contributed by atoms with E-state index in [1.807, 2.05) is 0 Å². The molecule has 0 aromatic heterocycles. The quantitative estimate of drug-likeness (QED) is 0.414. The maximum atomic E-state index is 5.69. The molecular weight excluding hydrogens is 186 g/mol. The van der Waals surface area contributed by atoms with Crippen molar-refractivity contribution in [1.29, 1.82) is 0 Å². The van der Waals surface area contributed by atoms with Crippen molar-refractivity contribution in [3.8, 4) is 0 Å². The first-order valence-corrected chi connectivity index (χ1v) is 6.04. The largest absolute Gasteiger partial charge is 0.370 e. The fourth-order valence-electron chi connectivity index (χ4n) is 1.77. The van der Waals surface area contributed by atoms with E-state index < -0.39 is 0 Å². The van der Waals surface area contributed by atoms with Crippen LogP contribution in [0.25, 0.3) is 0 Å². The van der Waals surface area contributed by atoms with Crippen molar-refractivity contribution >= 4 is 5.96 Å². The lowest BCUT2D eigenvalue weighted by Crippen LogP contribution is -2.32. The van der Waals surface area contributed by atoms with Gasteiger partial charge in [0.2, 0.25) is 0 Å². The number of nitrogens with zero attached hydrogens (tertiary/aromatic N) is 1. The monoisotopic (exact) mass is 209 g/mol. The van der Waals surface area contributed by atoms with Gasteiger partial charge in [-0.1, -0.05) is 18.6 Å². The molecule has 0 atom stereocenters. The summed E-state index contributed by atoms with van der Waals surface area (Å²) in [5.41, 5.74) is 7.28. The molecule has 1 aliphatic carbocycles. The third-order valence-electron chi connectivity index (χ3n) is 2.64. The van der Waals surface area contributed by atoms with Crippen LogP contribution in [0.2, 0.25) is 0 Å². The summed E-state index contributed by atoms with van der Waals surface area (Å²) in [5, 5.41) is 3.15. The first kappa shape index (κ1) is 12.1. The van der Waals surface area contributed by atoms with Gasteiger partial charge >= 0.3 is 0 Å². The van der Waals surface area contributed by atoms with Crippen molar-refractivity contribution in [1.82, 2.24) is 5.32 Å². The Morgan fingerprint density at radius 1 is 1.53 bits per heavy atom. The van der Waals surface area contributed by atoms with Gasteiger partial charge in [-0.25, -0.2) is 0 Å². The summed E-state index contributed by atoms with van der Waals surface area (Å²) < 4.78 is 0. The molecule has 0 fully saturated rings. The molecule has 0 radical (unpaired) electrons. The van der Waals surface area contributed by atoms with Gasteiger partial charge in [0.25, 0.3) is 0 Å². The van der Waals surface area contributed by atoms with Crippen LogP contribution < -0.4 is 11.1 Å². The van der Waals surface area contributed by atoms with Crippen LogP contribution >= 0.6 is 0 Å². The van der Waals surface area contributed by atoms with Crippen LogP contribution in [-0.2, 0) is 0 Å². The maximum absolute atomic E-state index is 5.69. The van der Waals surface area contributed by atoms with Gasteiger partial charge in [0.05, 0.1) is 0 Å². The van der Waals surface area contributed by atoms with E-state index >= 15 is 0 Å². The Kier molecular flexibility index (Phi) is 5.90. The van der Waals surface area contributed by atoms with Gasteiger partial charge < -0.3 is 11.1 Å². The molecule has 0 amide bonds. The van der Waals surface area contributed by atoms with E-state index in [0.717, 1.165) is 25.9 Å². The van der Waals surface area contributed by atoms with Crippen LogP contribution in [0, 0.1) is 0 Å². The van der Waals surface area contributed by atoms with Crippen molar-refractivity contribution in [3.63, 3.8) is 0 Å². The average molecular weight is 209 g/mol. The maximum Gasteiger partial charge on any atom is 0.188 e. The van der Waals surface area contributed by atoms with E-state index in [-0.39, 0.29) is 0 Å². The van der Waals surface area contributed by atoms with E-state index in [1.165, 1.54) is 25.7 Å². The Bertz CT molecular complexity index is 231. The van der Waals surface area contributed by atoms with Crippen LogP contribution in [0.4, 0.5) is 0 Å². The van der Waals surface area contributed by atoms with Gasteiger partial charge in [-0.2, -0.15) is 0 Å². The summed E-state index contributed by atoms with van der Waals surface area (Å²) in [6.45, 7) is 3.84. The number of rotatable bonds is 5. The van der Waals surface area contributed by atoms with Crippen LogP contribution in [-0.4, -0.2) is 19.0 Å². The zero-order chi connectivity index (χ0) is 10.9. The molecule has 0 saturated carbocycles. The summed E-state index contributed by atoms with van der Waals surface area (Å²) >= 11 is 0. The first-order valence-electron chi connectivity index (χ1n) is 6.04. The minimum Gasteiger partial charge on any atom is -0.370 e. The number of allylic oxidation sites excluding steroid dienone is 1. The lowest BCUT2D eigenvalue weighted by Gasteiger charge is -2.13. The summed E-state index contributed by atoms with van der Waals surface area (Å²) in [6, 6.07) is 0. The molecule has 1 aliphatic rings. The normalized spacial score (nSPS) is 17.4. The van der Waals surface area contributed by atoms with E-state index in [4.69, 9.17) is 5.73 Å². The SMILES string of the molecule is CCCN=C(N)NCCC1=CCCCC1. The number of hydrogen-bond donors (Lipinski definition) is 2. The molecule has 3 N–H and O–H groups in total. The van der Waals surface area contributed by atoms with Crippen molar-refractivity contribution in [3.05, 3.63) is 11.6 Å². The summed E-state index contributed by atoms with van der Waals surface area (Å²) in [5.74, 6) is 0.591. The number of hydrogen-bond acceptors (Lipinski definition) is 1. The zero-order valence-electron chi connectivity index (χ0n) is 9.76. The highest BCUT2D eigenvalue weighted by atomic mass is 15.1. The van der Waals surface area contributed by atoms with Crippen molar-refractivity contribution in [2.45, 2.75) is 45.4 Å². The Labute approximate surface area is 92.8 Å². The van der Waals surface area contributed by atoms with Crippen LogP contribution in [0.1, 0.15) is 45.4 Å². The lowest BCUT2D eigenvalue weighted by atomic mass is 9.97. The third kappa shape index (κ3) is 5.45. The highest BCUT2D eigenvalue weighted by molar-refractivity contribution is 5.77. The Balaban J connectivity index is 2.12. The molecule has 3 heteroatoms. The topological polar surface area (TPSA) is 50.4 Å². The van der Waals surface area contributed by atoms with Crippen molar-refractivity contribution in [2.24, 2.45) is 10.7 Å². The zero-order valence-corrected chi connectivity index (χ0v) is 9.76. The first-order chi connectivity index (χ1) is 7.33. The third-order valence-corrected chi connectivity index (χ3v) is 2.64. The molecular formula is C12H23N3. The molecule has 0 heterocycles. The molecule has 0 aliphatic heterocycles. The summed E-state index contributed by atoms with van der Waals surface area (Å²) in [7, 11) is 0. The molecule has 0 aromatic carbocycles. The smallest absolute Gasteiger partial charge is 0.188 e. The summed E-state index contributed by atoms with van der Waals surface area (Å²) in [6.07, 6.45) is 9.78. The van der Waals surface area contributed by atoms with Crippen LogP contribution in [0.15, 0.2) is 16.6 Å². The van der Waals surface area contributed by atoms with E-state index in [9.17, 15) is 0 Å². The highest BCUT2D eigenvalue weighted by Crippen LogP contribution is 2.19. The van der Waals surface area contributed by atoms with Gasteiger partial charge in [0.15, 0.2) is 5.96 Å². The number of nitrogens with one attached hydrogen (secondary N) is 1. The fraction of sp³-hybridized carbons (Fsp3) is 0.750. The van der Waals surface area contributed by atoms with Gasteiger partial charge in [-0.05, 0) is 38.5 Å². The van der Waals surface area contributed by atoms with E-state index in [2.05, 4.69) is 23.3 Å². The number of nitrogens with two attached hydrogens (primary N) is 1. The molecule has 0 aromatic rings. The van der Waals surface area contributed by atoms with Gasteiger partial charge in [0, 0.05) is 13.1 Å². The fourth-order valence-corrected chi connectivity index (χ4v) is 1.77.